The lowest BCUT2D eigenvalue weighted by atomic mass is 9.92. The first-order valence-corrected chi connectivity index (χ1v) is 13.1. The van der Waals surface area contributed by atoms with E-state index < -0.39 is 12.1 Å². The number of hydrazine groups is 2. The van der Waals surface area contributed by atoms with Crippen molar-refractivity contribution < 1.29 is 14.3 Å². The SMILES string of the molecule is COC(=O)Nc1ccc(-c2cc([C@H](CC3CNC3)NC(=O)/C=C/c3cc(Cl)ccc3N3C=NNN3)n[nH]c2=O)cc1. The fraction of sp³-hybridized carbons (Fsp3) is 0.222. The molecule has 5 rings (SSSR count). The number of nitrogens with zero attached hydrogens (tertiary/aromatic N) is 3. The van der Waals surface area contributed by atoms with Gasteiger partial charge in [-0.1, -0.05) is 23.7 Å². The molecule has 0 spiro atoms. The van der Waals surface area contributed by atoms with Crippen molar-refractivity contribution in [3.63, 3.8) is 0 Å². The van der Waals surface area contributed by atoms with Crippen LogP contribution >= 0.6 is 11.6 Å². The number of H-pyrrole nitrogens is 1. The van der Waals surface area contributed by atoms with E-state index in [1.54, 1.807) is 59.9 Å². The second-order valence-electron chi connectivity index (χ2n) is 9.43. The average Bonchev–Trinajstić information content (AvgIpc) is 3.49. The number of carbonyl (C=O) groups is 2. The monoisotopic (exact) mass is 577 g/mol. The molecule has 1 fully saturated rings. The van der Waals surface area contributed by atoms with Crippen LogP contribution in [-0.4, -0.2) is 48.7 Å². The maximum atomic E-state index is 13.1. The maximum absolute atomic E-state index is 13.1. The number of ether oxygens (including phenoxy) is 1. The number of benzene rings is 2. The van der Waals surface area contributed by atoms with Crippen molar-refractivity contribution in [3.05, 3.63) is 81.2 Å². The van der Waals surface area contributed by atoms with Crippen LogP contribution in [0.5, 0.6) is 0 Å². The van der Waals surface area contributed by atoms with Crippen molar-refractivity contribution in [3.8, 4) is 11.1 Å². The zero-order valence-corrected chi connectivity index (χ0v) is 22.7. The predicted octanol–water partition coefficient (Wildman–Crippen LogP) is 2.52. The van der Waals surface area contributed by atoms with E-state index in [0.29, 0.717) is 45.4 Å². The average molecular weight is 578 g/mol. The molecule has 3 aromatic rings. The summed E-state index contributed by atoms with van der Waals surface area (Å²) in [5.41, 5.74) is 8.62. The molecular formula is C27H28ClN9O4. The molecule has 2 amide bonds. The molecule has 14 heteroatoms. The van der Waals surface area contributed by atoms with Gasteiger partial charge in [0.25, 0.3) is 5.56 Å². The van der Waals surface area contributed by atoms with E-state index in [0.717, 1.165) is 18.8 Å². The summed E-state index contributed by atoms with van der Waals surface area (Å²) in [5.74, 6) is 0.0138. The molecule has 2 aromatic carbocycles. The van der Waals surface area contributed by atoms with E-state index in [1.165, 1.54) is 13.2 Å². The summed E-state index contributed by atoms with van der Waals surface area (Å²) < 4.78 is 4.61. The predicted molar refractivity (Wildman–Crippen MR) is 156 cm³/mol. The molecule has 3 heterocycles. The van der Waals surface area contributed by atoms with Gasteiger partial charge in [0.1, 0.15) is 6.34 Å². The summed E-state index contributed by atoms with van der Waals surface area (Å²) in [6.45, 7) is 1.66. The van der Waals surface area contributed by atoms with Gasteiger partial charge >= 0.3 is 6.09 Å². The number of aromatic nitrogens is 2. The number of amides is 2. The summed E-state index contributed by atoms with van der Waals surface area (Å²) >= 11 is 6.21. The number of carbonyl (C=O) groups excluding carboxylic acids is 2. The molecule has 0 radical (unpaired) electrons. The quantitative estimate of drug-likeness (QED) is 0.210. The molecule has 1 aromatic heterocycles. The normalized spacial score (nSPS) is 15.3. The highest BCUT2D eigenvalue weighted by atomic mass is 35.5. The van der Waals surface area contributed by atoms with Crippen LogP contribution in [0, 0.1) is 5.92 Å². The van der Waals surface area contributed by atoms with Crippen molar-refractivity contribution in [1.29, 1.82) is 0 Å². The van der Waals surface area contributed by atoms with Crippen LogP contribution in [0.25, 0.3) is 17.2 Å². The number of halogens is 1. The number of nitrogens with one attached hydrogen (secondary N) is 6. The van der Waals surface area contributed by atoms with E-state index >= 15 is 0 Å². The zero-order chi connectivity index (χ0) is 28.8. The van der Waals surface area contributed by atoms with Crippen LogP contribution in [0.15, 0.2) is 64.5 Å². The molecule has 6 N–H and O–H groups in total. The lowest BCUT2D eigenvalue weighted by Crippen LogP contribution is -2.44. The van der Waals surface area contributed by atoms with Crippen molar-refractivity contribution in [1.82, 2.24) is 31.9 Å². The Morgan fingerprint density at radius 2 is 2.00 bits per heavy atom. The minimum atomic E-state index is -0.593. The first-order chi connectivity index (χ1) is 19.9. The summed E-state index contributed by atoms with van der Waals surface area (Å²) in [6, 6.07) is 13.3. The number of anilines is 2. The number of methoxy groups -OCH3 is 1. The zero-order valence-electron chi connectivity index (χ0n) is 22.0. The van der Waals surface area contributed by atoms with Gasteiger partial charge in [0.15, 0.2) is 0 Å². The van der Waals surface area contributed by atoms with Crippen molar-refractivity contribution in [2.24, 2.45) is 11.0 Å². The van der Waals surface area contributed by atoms with Crippen LogP contribution in [0.1, 0.15) is 23.7 Å². The first kappa shape index (κ1) is 27.8. The lowest BCUT2D eigenvalue weighted by molar-refractivity contribution is -0.117. The van der Waals surface area contributed by atoms with Gasteiger partial charge in [-0.15, -0.1) is 5.53 Å². The topological polar surface area (TPSA) is 165 Å². The Bertz CT molecular complexity index is 1540. The number of hydrogen-bond acceptors (Lipinski definition) is 10. The molecule has 41 heavy (non-hydrogen) atoms. The Morgan fingerprint density at radius 1 is 1.20 bits per heavy atom. The van der Waals surface area contributed by atoms with Gasteiger partial charge in [0, 0.05) is 22.3 Å². The number of aromatic amines is 1. The van der Waals surface area contributed by atoms with Gasteiger partial charge in [-0.25, -0.2) is 20.4 Å². The summed E-state index contributed by atoms with van der Waals surface area (Å²) in [7, 11) is 1.28. The molecule has 2 aliphatic rings. The van der Waals surface area contributed by atoms with Crippen molar-refractivity contribution in [2.45, 2.75) is 12.5 Å². The molecule has 0 unspecified atom stereocenters. The summed E-state index contributed by atoms with van der Waals surface area (Å²) in [6.07, 6.45) is 4.70. The van der Waals surface area contributed by atoms with Gasteiger partial charge in [-0.2, -0.15) is 10.2 Å². The Morgan fingerprint density at radius 3 is 2.68 bits per heavy atom. The van der Waals surface area contributed by atoms with E-state index in [1.807, 2.05) is 6.07 Å². The first-order valence-electron chi connectivity index (χ1n) is 12.8. The summed E-state index contributed by atoms with van der Waals surface area (Å²) in [5, 5.41) is 21.8. The Labute approximate surface area is 239 Å². The summed E-state index contributed by atoms with van der Waals surface area (Å²) in [4.78, 5) is 37.3. The van der Waals surface area contributed by atoms with Crippen LogP contribution in [0.2, 0.25) is 5.02 Å². The Hall–Kier alpha value is -4.72. The van der Waals surface area contributed by atoms with Gasteiger partial charge in [-0.05, 0) is 73.5 Å². The molecule has 212 valence electrons. The van der Waals surface area contributed by atoms with Crippen molar-refractivity contribution >= 4 is 47.4 Å². The number of hydrazone groups is 1. The maximum Gasteiger partial charge on any atom is 0.411 e. The highest BCUT2D eigenvalue weighted by molar-refractivity contribution is 6.30. The molecule has 1 saturated heterocycles. The van der Waals surface area contributed by atoms with E-state index in [9.17, 15) is 14.4 Å². The molecule has 0 bridgehead atoms. The standard InChI is InChI=1S/C27H28ClN9O4/c1-41-27(40)31-20-6-2-17(3-7-20)21-12-23(33-34-26(21)39)22(10-16-13-29-14-16)32-25(38)9-4-18-11-19(28)5-8-24(18)37-15-30-35-36-37/h2-9,11-12,15-16,22,29,35-36H,10,13-14H2,1H3,(H,31,40)(H,32,38)(H,34,39)/b9-4+/t22-/m0/s1. The van der Waals surface area contributed by atoms with E-state index in [-0.39, 0.29) is 11.5 Å². The minimum Gasteiger partial charge on any atom is -0.453 e. The highest BCUT2D eigenvalue weighted by Crippen LogP contribution is 2.27. The van der Waals surface area contributed by atoms with Gasteiger partial charge in [0.2, 0.25) is 5.91 Å². The third-order valence-electron chi connectivity index (χ3n) is 6.63. The molecule has 1 atom stereocenters. The third-order valence-corrected chi connectivity index (χ3v) is 6.87. The lowest BCUT2D eigenvalue weighted by Gasteiger charge is -2.30. The van der Waals surface area contributed by atoms with Gasteiger partial charge in [-0.3, -0.25) is 14.9 Å². The van der Waals surface area contributed by atoms with Gasteiger partial charge in [0.05, 0.1) is 30.1 Å². The Balaban J connectivity index is 1.36. The molecule has 2 aliphatic heterocycles. The van der Waals surface area contributed by atoms with Crippen LogP contribution in [-0.2, 0) is 9.53 Å². The number of rotatable bonds is 9. The minimum absolute atomic E-state index is 0.331. The van der Waals surface area contributed by atoms with Crippen LogP contribution in [0.3, 0.4) is 0 Å². The van der Waals surface area contributed by atoms with E-state index in [2.05, 4.69) is 47.1 Å². The Kier molecular flexibility index (Phi) is 8.58. The van der Waals surface area contributed by atoms with Crippen molar-refractivity contribution in [2.75, 3.05) is 30.5 Å². The molecular weight excluding hydrogens is 550 g/mol. The van der Waals surface area contributed by atoms with Gasteiger partial charge < -0.3 is 15.4 Å². The second-order valence-corrected chi connectivity index (χ2v) is 9.86. The largest absolute Gasteiger partial charge is 0.453 e. The molecule has 0 aliphatic carbocycles. The fourth-order valence-corrected chi connectivity index (χ4v) is 4.58. The molecule has 13 nitrogen and oxygen atoms in total. The number of hydrogen-bond donors (Lipinski definition) is 6. The van der Waals surface area contributed by atoms with Crippen LogP contribution in [0.4, 0.5) is 16.2 Å². The molecule has 0 saturated carbocycles. The fourth-order valence-electron chi connectivity index (χ4n) is 4.40. The van der Waals surface area contributed by atoms with Crippen LogP contribution < -0.4 is 37.6 Å². The highest BCUT2D eigenvalue weighted by Gasteiger charge is 2.25. The second kappa shape index (κ2) is 12.6. The third kappa shape index (κ3) is 6.90. The van der Waals surface area contributed by atoms with E-state index in [4.69, 9.17) is 11.6 Å². The smallest absolute Gasteiger partial charge is 0.411 e.